The Bertz CT molecular complexity index is 305. The van der Waals surface area contributed by atoms with E-state index in [1.807, 2.05) is 6.92 Å². The first-order chi connectivity index (χ1) is 6.54. The lowest BCUT2D eigenvalue weighted by Gasteiger charge is -2.14. The monoisotopic (exact) mass is 196 g/mol. The second-order valence-electron chi connectivity index (χ2n) is 3.15. The number of hydrogen-bond acceptors (Lipinski definition) is 1. The third-order valence-electron chi connectivity index (χ3n) is 1.91. The summed E-state index contributed by atoms with van der Waals surface area (Å²) in [4.78, 5) is 0. The summed E-state index contributed by atoms with van der Waals surface area (Å²) in [5.41, 5.74) is 0.0523. The maximum Gasteiger partial charge on any atom is 0.190 e. The average molecular weight is 196 g/mol. The molecule has 1 nitrogen and oxygen atoms in total. The summed E-state index contributed by atoms with van der Waals surface area (Å²) < 4.78 is 31.4. The van der Waals surface area contributed by atoms with Crippen LogP contribution in [0, 0.1) is 11.6 Å². The van der Waals surface area contributed by atoms with Gasteiger partial charge in [0.05, 0.1) is 6.10 Å². The summed E-state index contributed by atoms with van der Waals surface area (Å²) in [7, 11) is 5.26. The van der Waals surface area contributed by atoms with Crippen molar-refractivity contribution in [1.29, 1.82) is 0 Å². The molecule has 0 aliphatic carbocycles. The average Bonchev–Trinajstić information content (AvgIpc) is 2.10. The van der Waals surface area contributed by atoms with Gasteiger partial charge in [-0.25, -0.2) is 8.78 Å². The molecule has 0 spiro atoms. The van der Waals surface area contributed by atoms with E-state index in [1.54, 1.807) is 6.92 Å². The fourth-order valence-electron chi connectivity index (χ4n) is 0.977. The Labute approximate surface area is 83.5 Å². The molecule has 1 aromatic rings. The van der Waals surface area contributed by atoms with Gasteiger partial charge < -0.3 is 4.74 Å². The molecule has 0 bridgehead atoms. The fourth-order valence-corrected chi connectivity index (χ4v) is 0.977. The van der Waals surface area contributed by atoms with E-state index in [0.29, 0.717) is 6.42 Å². The van der Waals surface area contributed by atoms with Gasteiger partial charge in [-0.2, -0.15) is 0 Å². The molecule has 0 fully saturated rings. The molecule has 74 valence electrons. The first kappa shape index (κ1) is 11.0. The van der Waals surface area contributed by atoms with E-state index in [4.69, 9.17) is 12.6 Å². The largest absolute Gasteiger partial charge is 0.485 e. The molecule has 0 aliphatic rings. The van der Waals surface area contributed by atoms with Crippen LogP contribution < -0.4 is 10.2 Å². The molecule has 14 heavy (non-hydrogen) atoms. The van der Waals surface area contributed by atoms with Gasteiger partial charge >= 0.3 is 0 Å². The molecule has 1 rings (SSSR count). The Balaban J connectivity index is 2.96. The summed E-state index contributed by atoms with van der Waals surface area (Å²) in [5.74, 6) is -1.88. The van der Waals surface area contributed by atoms with E-state index in [2.05, 4.69) is 0 Å². The van der Waals surface area contributed by atoms with Crippen LogP contribution in [0.5, 0.6) is 5.75 Å². The van der Waals surface area contributed by atoms with Crippen molar-refractivity contribution in [2.75, 3.05) is 0 Å². The molecule has 0 heterocycles. The Hall–Kier alpha value is -1.06. The van der Waals surface area contributed by atoms with Crippen molar-refractivity contribution < 1.29 is 13.5 Å². The van der Waals surface area contributed by atoms with Gasteiger partial charge in [0, 0.05) is 0 Å². The van der Waals surface area contributed by atoms with Crippen LogP contribution in [0.25, 0.3) is 0 Å². The normalized spacial score (nSPS) is 12.6. The van der Waals surface area contributed by atoms with E-state index in [0.717, 1.165) is 12.1 Å². The molecule has 0 aliphatic heterocycles. The SMILES string of the molecule is [B]c1cc(F)c(OC(C)CC)c(F)c1. The number of hydrogen-bond donors (Lipinski definition) is 0. The van der Waals surface area contributed by atoms with Crippen molar-refractivity contribution in [3.63, 3.8) is 0 Å². The summed E-state index contributed by atoms with van der Waals surface area (Å²) in [6, 6.07) is 2.08. The molecular formula is C10H11BF2O. The van der Waals surface area contributed by atoms with Crippen LogP contribution in [-0.4, -0.2) is 14.0 Å². The summed E-state index contributed by atoms with van der Waals surface area (Å²) in [6.07, 6.45) is 0.464. The van der Waals surface area contributed by atoms with Crippen molar-refractivity contribution in [3.05, 3.63) is 23.8 Å². The van der Waals surface area contributed by atoms with Gasteiger partial charge in [-0.05, 0) is 25.5 Å². The smallest absolute Gasteiger partial charge is 0.190 e. The fraction of sp³-hybridized carbons (Fsp3) is 0.400. The lowest BCUT2D eigenvalue weighted by atomic mass is 9.96. The number of benzene rings is 1. The van der Waals surface area contributed by atoms with Crippen LogP contribution in [0.2, 0.25) is 0 Å². The highest BCUT2D eigenvalue weighted by Gasteiger charge is 2.13. The van der Waals surface area contributed by atoms with Crippen molar-refractivity contribution >= 4 is 13.3 Å². The van der Waals surface area contributed by atoms with Crippen molar-refractivity contribution in [2.24, 2.45) is 0 Å². The first-order valence-electron chi connectivity index (χ1n) is 4.45. The van der Waals surface area contributed by atoms with Gasteiger partial charge in [-0.15, -0.1) is 0 Å². The second kappa shape index (κ2) is 4.44. The van der Waals surface area contributed by atoms with Gasteiger partial charge in [0.2, 0.25) is 0 Å². The third kappa shape index (κ3) is 2.47. The first-order valence-corrected chi connectivity index (χ1v) is 4.45. The molecule has 2 radical (unpaired) electrons. The highest BCUT2D eigenvalue weighted by atomic mass is 19.1. The number of rotatable bonds is 3. The van der Waals surface area contributed by atoms with Crippen LogP contribution in [-0.2, 0) is 0 Å². The highest BCUT2D eigenvalue weighted by Crippen LogP contribution is 2.21. The van der Waals surface area contributed by atoms with Crippen molar-refractivity contribution in [1.82, 2.24) is 0 Å². The Morgan fingerprint density at radius 1 is 1.36 bits per heavy atom. The zero-order valence-electron chi connectivity index (χ0n) is 8.18. The van der Waals surface area contributed by atoms with Crippen LogP contribution in [0.4, 0.5) is 8.78 Å². The minimum absolute atomic E-state index is 0.0523. The summed E-state index contributed by atoms with van der Waals surface area (Å²) in [5, 5.41) is 0. The van der Waals surface area contributed by atoms with Gasteiger partial charge in [0.15, 0.2) is 17.4 Å². The van der Waals surface area contributed by atoms with E-state index >= 15 is 0 Å². The lowest BCUT2D eigenvalue weighted by molar-refractivity contribution is 0.198. The number of ether oxygens (including phenoxy) is 1. The zero-order valence-corrected chi connectivity index (χ0v) is 8.18. The van der Waals surface area contributed by atoms with E-state index < -0.39 is 11.6 Å². The molecule has 0 amide bonds. The minimum Gasteiger partial charge on any atom is -0.485 e. The quantitative estimate of drug-likeness (QED) is 0.671. The Morgan fingerprint density at radius 2 is 1.86 bits per heavy atom. The molecule has 1 unspecified atom stereocenters. The molecule has 0 aromatic heterocycles. The zero-order chi connectivity index (χ0) is 10.7. The summed E-state index contributed by atoms with van der Waals surface area (Å²) in [6.45, 7) is 3.62. The van der Waals surface area contributed by atoms with E-state index in [-0.39, 0.29) is 17.3 Å². The van der Waals surface area contributed by atoms with Gasteiger partial charge in [-0.1, -0.05) is 12.4 Å². The van der Waals surface area contributed by atoms with E-state index in [1.165, 1.54) is 0 Å². The molecule has 1 atom stereocenters. The molecule has 0 saturated heterocycles. The number of halogens is 2. The topological polar surface area (TPSA) is 9.23 Å². The van der Waals surface area contributed by atoms with Crippen molar-refractivity contribution in [3.8, 4) is 5.75 Å². The maximum absolute atomic E-state index is 13.2. The van der Waals surface area contributed by atoms with Gasteiger partial charge in [0.1, 0.15) is 7.85 Å². The molecule has 0 N–H and O–H groups in total. The maximum atomic E-state index is 13.2. The van der Waals surface area contributed by atoms with Crippen LogP contribution >= 0.6 is 0 Å². The molecular weight excluding hydrogens is 185 g/mol. The molecule has 4 heteroatoms. The van der Waals surface area contributed by atoms with Crippen molar-refractivity contribution in [2.45, 2.75) is 26.4 Å². The second-order valence-corrected chi connectivity index (χ2v) is 3.15. The molecule has 0 saturated carbocycles. The minimum atomic E-state index is -0.761. The van der Waals surface area contributed by atoms with Gasteiger partial charge in [0.25, 0.3) is 0 Å². The standard InChI is InChI=1S/C10H11BF2O/c1-3-6(2)14-10-8(12)4-7(11)5-9(10)13/h4-6H,3H2,1-2H3. The Kier molecular flexibility index (Phi) is 3.50. The predicted octanol–water partition coefficient (Wildman–Crippen LogP) is 1.94. The summed E-state index contributed by atoms with van der Waals surface area (Å²) >= 11 is 0. The van der Waals surface area contributed by atoms with Crippen LogP contribution in [0.1, 0.15) is 20.3 Å². The highest BCUT2D eigenvalue weighted by molar-refractivity contribution is 6.32. The van der Waals surface area contributed by atoms with Gasteiger partial charge in [-0.3, -0.25) is 0 Å². The van der Waals surface area contributed by atoms with Crippen LogP contribution in [0.3, 0.4) is 0 Å². The molecule has 1 aromatic carbocycles. The third-order valence-corrected chi connectivity index (χ3v) is 1.91. The van der Waals surface area contributed by atoms with Crippen LogP contribution in [0.15, 0.2) is 12.1 Å². The van der Waals surface area contributed by atoms with E-state index in [9.17, 15) is 8.78 Å². The lowest BCUT2D eigenvalue weighted by Crippen LogP contribution is -2.14. The Morgan fingerprint density at radius 3 is 2.29 bits per heavy atom. The predicted molar refractivity (Wildman–Crippen MR) is 52.1 cm³/mol.